The van der Waals surface area contributed by atoms with Gasteiger partial charge in [0.05, 0.1) is 26.0 Å². The molecule has 1 N–H and O–H groups in total. The molecule has 1 aliphatic rings. The number of hydrogen-bond donors (Lipinski definition) is 1. The quantitative estimate of drug-likeness (QED) is 0.246. The highest BCUT2D eigenvalue weighted by Gasteiger charge is 2.25. The zero-order chi connectivity index (χ0) is 20.5. The van der Waals surface area contributed by atoms with Crippen LogP contribution in [0.1, 0.15) is 23.7 Å². The van der Waals surface area contributed by atoms with E-state index in [1.165, 1.54) is 0 Å². The Kier molecular flexibility index (Phi) is 10.4. The van der Waals surface area contributed by atoms with E-state index in [4.69, 9.17) is 14.2 Å². The maximum Gasteiger partial charge on any atom is 0.194 e. The Hall–Kier alpha value is -1.85. The average molecular weight is 529 g/mol. The second kappa shape index (κ2) is 12.8. The molecule has 0 aliphatic carbocycles. The molecule has 0 amide bonds. The minimum absolute atomic E-state index is 0. The first-order chi connectivity index (χ1) is 14.2. The van der Waals surface area contributed by atoms with Crippen molar-refractivity contribution in [3.63, 3.8) is 0 Å². The largest absolute Gasteiger partial charge is 0.493 e. The van der Waals surface area contributed by atoms with E-state index < -0.39 is 0 Å². The molecule has 2 heterocycles. The number of aromatic nitrogens is 2. The first-order valence-corrected chi connectivity index (χ1v) is 9.96. The smallest absolute Gasteiger partial charge is 0.194 e. The number of ether oxygens (including phenoxy) is 3. The van der Waals surface area contributed by atoms with Crippen molar-refractivity contribution in [2.45, 2.75) is 19.1 Å². The van der Waals surface area contributed by atoms with Crippen molar-refractivity contribution in [3.8, 4) is 5.75 Å². The van der Waals surface area contributed by atoms with E-state index in [-0.39, 0.29) is 30.1 Å². The van der Waals surface area contributed by atoms with Gasteiger partial charge in [-0.05, 0) is 17.7 Å². The third-order valence-corrected chi connectivity index (χ3v) is 4.79. The van der Waals surface area contributed by atoms with Gasteiger partial charge in [-0.15, -0.1) is 24.0 Å². The predicted molar refractivity (Wildman–Crippen MR) is 128 cm³/mol. The number of methoxy groups -OCH3 is 1. The van der Waals surface area contributed by atoms with Gasteiger partial charge >= 0.3 is 0 Å². The highest BCUT2D eigenvalue weighted by molar-refractivity contribution is 14.0. The molecule has 1 fully saturated rings. The van der Waals surface area contributed by atoms with Crippen LogP contribution in [0.5, 0.6) is 5.75 Å². The summed E-state index contributed by atoms with van der Waals surface area (Å²) in [5.41, 5.74) is 2.23. The summed E-state index contributed by atoms with van der Waals surface area (Å²) in [6, 6.07) is 8.13. The molecule has 0 bridgehead atoms. The molecule has 166 valence electrons. The van der Waals surface area contributed by atoms with Gasteiger partial charge in [0, 0.05) is 59.1 Å². The molecule has 30 heavy (non-hydrogen) atoms. The summed E-state index contributed by atoms with van der Waals surface area (Å²) in [5.74, 6) is 1.74. The van der Waals surface area contributed by atoms with Crippen molar-refractivity contribution in [2.75, 3.05) is 47.1 Å². The number of rotatable bonds is 8. The molecule has 1 atom stereocenters. The van der Waals surface area contributed by atoms with Gasteiger partial charge in [-0.2, -0.15) is 5.10 Å². The number of benzene rings is 1. The van der Waals surface area contributed by atoms with Crippen molar-refractivity contribution < 1.29 is 14.2 Å². The van der Waals surface area contributed by atoms with Crippen LogP contribution in [0, 0.1) is 0 Å². The number of nitrogens with one attached hydrogen (secondary N) is 1. The van der Waals surface area contributed by atoms with Crippen LogP contribution in [0.4, 0.5) is 0 Å². The number of nitrogens with zero attached hydrogens (tertiary/aromatic N) is 4. The van der Waals surface area contributed by atoms with Crippen LogP contribution in [0.3, 0.4) is 0 Å². The van der Waals surface area contributed by atoms with Gasteiger partial charge in [-0.1, -0.05) is 12.1 Å². The molecular formula is C21H32IN5O3. The molecule has 0 saturated carbocycles. The number of hydrogen-bond acceptors (Lipinski definition) is 5. The summed E-state index contributed by atoms with van der Waals surface area (Å²) in [6.45, 7) is 4.24. The summed E-state index contributed by atoms with van der Waals surface area (Å²) in [6.07, 6.45) is 4.74. The monoisotopic (exact) mass is 529 g/mol. The Labute approximate surface area is 195 Å². The Morgan fingerprint density at radius 1 is 1.37 bits per heavy atom. The van der Waals surface area contributed by atoms with Crippen LogP contribution >= 0.6 is 24.0 Å². The Balaban J connectivity index is 0.00000320. The number of aryl methyl sites for hydroxylation is 1. The van der Waals surface area contributed by atoms with Crippen LogP contribution in [-0.2, 0) is 23.1 Å². The average Bonchev–Trinajstić information content (AvgIpc) is 3.19. The van der Waals surface area contributed by atoms with Gasteiger partial charge in [-0.3, -0.25) is 9.67 Å². The topological polar surface area (TPSA) is 73.1 Å². The fourth-order valence-electron chi connectivity index (χ4n) is 3.30. The molecule has 1 aromatic heterocycles. The van der Waals surface area contributed by atoms with E-state index in [2.05, 4.69) is 32.4 Å². The molecule has 1 aromatic carbocycles. The van der Waals surface area contributed by atoms with Crippen molar-refractivity contribution >= 4 is 29.9 Å². The fraction of sp³-hybridized carbons (Fsp3) is 0.524. The lowest BCUT2D eigenvalue weighted by atomic mass is 10.1. The van der Waals surface area contributed by atoms with Gasteiger partial charge in [0.15, 0.2) is 5.96 Å². The first kappa shape index (κ1) is 24.4. The normalized spacial score (nSPS) is 16.8. The molecule has 0 spiro atoms. The standard InChI is InChI=1S/C21H31N5O3.HI/c1-22-21(26-8-11-29-20(16-26)18-14-24-25(2)15-18)23-13-17-6-4-7-19(12-17)28-10-5-9-27-3;/h4,6-7,12,14-15,20H,5,8-11,13,16H2,1-3H3,(H,22,23);1H. The molecule has 3 rings (SSSR count). The van der Waals surface area contributed by atoms with Gasteiger partial charge in [0.1, 0.15) is 11.9 Å². The fourth-order valence-corrected chi connectivity index (χ4v) is 3.30. The Morgan fingerprint density at radius 3 is 2.97 bits per heavy atom. The zero-order valence-corrected chi connectivity index (χ0v) is 20.2. The second-order valence-electron chi connectivity index (χ2n) is 7.00. The maximum atomic E-state index is 5.93. The lowest BCUT2D eigenvalue weighted by molar-refractivity contribution is -0.00805. The van der Waals surface area contributed by atoms with Gasteiger partial charge in [0.2, 0.25) is 0 Å². The summed E-state index contributed by atoms with van der Waals surface area (Å²) in [5, 5.41) is 7.71. The summed E-state index contributed by atoms with van der Waals surface area (Å²) in [7, 11) is 5.43. The molecule has 2 aromatic rings. The number of halogens is 1. The highest BCUT2D eigenvalue weighted by atomic mass is 127. The Morgan fingerprint density at radius 2 is 2.23 bits per heavy atom. The van der Waals surface area contributed by atoms with Crippen LogP contribution < -0.4 is 10.1 Å². The van der Waals surface area contributed by atoms with Crippen LogP contribution in [-0.4, -0.2) is 67.7 Å². The van der Waals surface area contributed by atoms with Crippen molar-refractivity contribution in [1.82, 2.24) is 20.0 Å². The maximum absolute atomic E-state index is 5.93. The van der Waals surface area contributed by atoms with Crippen molar-refractivity contribution in [2.24, 2.45) is 12.0 Å². The number of guanidine groups is 1. The van der Waals surface area contributed by atoms with E-state index in [0.29, 0.717) is 26.4 Å². The lowest BCUT2D eigenvalue weighted by Crippen LogP contribution is -2.47. The predicted octanol–water partition coefficient (Wildman–Crippen LogP) is 2.60. The van der Waals surface area contributed by atoms with E-state index >= 15 is 0 Å². The molecule has 9 heteroatoms. The van der Waals surface area contributed by atoms with Crippen LogP contribution in [0.15, 0.2) is 41.7 Å². The van der Waals surface area contributed by atoms with Crippen LogP contribution in [0.2, 0.25) is 0 Å². The van der Waals surface area contributed by atoms with Gasteiger partial charge in [0.25, 0.3) is 0 Å². The minimum Gasteiger partial charge on any atom is -0.493 e. The zero-order valence-electron chi connectivity index (χ0n) is 17.9. The number of aliphatic imine (C=N–C) groups is 1. The lowest BCUT2D eigenvalue weighted by Gasteiger charge is -2.34. The highest BCUT2D eigenvalue weighted by Crippen LogP contribution is 2.21. The second-order valence-corrected chi connectivity index (χ2v) is 7.00. The number of morpholine rings is 1. The summed E-state index contributed by atoms with van der Waals surface area (Å²) in [4.78, 5) is 6.69. The summed E-state index contributed by atoms with van der Waals surface area (Å²) < 4.78 is 18.6. The van der Waals surface area contributed by atoms with E-state index in [9.17, 15) is 0 Å². The minimum atomic E-state index is -0.000159. The van der Waals surface area contributed by atoms with E-state index in [0.717, 1.165) is 42.3 Å². The molecule has 1 saturated heterocycles. The molecule has 8 nitrogen and oxygen atoms in total. The first-order valence-electron chi connectivity index (χ1n) is 9.96. The van der Waals surface area contributed by atoms with Crippen molar-refractivity contribution in [1.29, 1.82) is 0 Å². The van der Waals surface area contributed by atoms with Gasteiger partial charge in [-0.25, -0.2) is 0 Å². The summed E-state index contributed by atoms with van der Waals surface area (Å²) >= 11 is 0. The third-order valence-electron chi connectivity index (χ3n) is 4.79. The molecule has 0 radical (unpaired) electrons. The van der Waals surface area contributed by atoms with Crippen LogP contribution in [0.25, 0.3) is 0 Å². The molecule has 1 unspecified atom stereocenters. The van der Waals surface area contributed by atoms with Crippen molar-refractivity contribution in [3.05, 3.63) is 47.8 Å². The molecule has 1 aliphatic heterocycles. The van der Waals surface area contributed by atoms with E-state index in [1.54, 1.807) is 11.8 Å². The third kappa shape index (κ3) is 7.13. The SMILES string of the molecule is CN=C(NCc1cccc(OCCCOC)c1)N1CCOC(c2cnn(C)c2)C1.I. The molecular weight excluding hydrogens is 497 g/mol. The Bertz CT molecular complexity index is 798. The van der Waals surface area contributed by atoms with E-state index in [1.807, 2.05) is 38.6 Å². The van der Waals surface area contributed by atoms with Gasteiger partial charge < -0.3 is 24.4 Å².